The Balaban J connectivity index is 2.99. The molecule has 162 valence electrons. The van der Waals surface area contributed by atoms with Gasteiger partial charge < -0.3 is 19.7 Å². The van der Waals surface area contributed by atoms with Crippen LogP contribution in [-0.4, -0.2) is 48.2 Å². The van der Waals surface area contributed by atoms with Gasteiger partial charge in [0.25, 0.3) is 0 Å². The smallest absolute Gasteiger partial charge is 0.309 e. The van der Waals surface area contributed by atoms with Crippen LogP contribution in [0.3, 0.4) is 0 Å². The molecule has 2 N–H and O–H groups in total. The fraction of sp³-hybridized carbons (Fsp3) is 0.542. The maximum absolute atomic E-state index is 12.2. The van der Waals surface area contributed by atoms with Gasteiger partial charge in [-0.25, -0.2) is 0 Å². The molecule has 1 aliphatic heterocycles. The normalized spacial score (nSPS) is 33.5. The van der Waals surface area contributed by atoms with Gasteiger partial charge >= 0.3 is 5.97 Å². The van der Waals surface area contributed by atoms with Gasteiger partial charge in [-0.15, -0.1) is 0 Å². The second-order valence-electron chi connectivity index (χ2n) is 7.57. The number of aliphatic hydroxyl groups is 2. The Hall–Kier alpha value is -1.95. The highest BCUT2D eigenvalue weighted by molar-refractivity contribution is 5.70. The highest BCUT2D eigenvalue weighted by Crippen LogP contribution is 2.16. The van der Waals surface area contributed by atoms with Crippen LogP contribution in [0.25, 0.3) is 0 Å². The Kier molecular flexibility index (Phi) is 12.2. The van der Waals surface area contributed by atoms with E-state index in [1.165, 1.54) is 0 Å². The number of allylic oxidation sites excluding steroid dienone is 4. The van der Waals surface area contributed by atoms with E-state index in [9.17, 15) is 15.0 Å². The highest BCUT2D eigenvalue weighted by atomic mass is 16.5. The van der Waals surface area contributed by atoms with Crippen LogP contribution in [0, 0.1) is 5.92 Å². The molecule has 0 spiro atoms. The molecule has 0 saturated carbocycles. The van der Waals surface area contributed by atoms with Crippen molar-refractivity contribution in [3.05, 3.63) is 59.8 Å². The van der Waals surface area contributed by atoms with Gasteiger partial charge in [-0.3, -0.25) is 4.79 Å². The predicted molar refractivity (Wildman–Crippen MR) is 116 cm³/mol. The number of cyclic esters (lactones) is 1. The average molecular weight is 405 g/mol. The molecule has 0 fully saturated rings. The fourth-order valence-corrected chi connectivity index (χ4v) is 3.09. The first-order valence-electron chi connectivity index (χ1n) is 10.2. The molecule has 0 aromatic rings. The van der Waals surface area contributed by atoms with Crippen LogP contribution in [0.2, 0.25) is 0 Å². The van der Waals surface area contributed by atoms with Crippen LogP contribution in [0.4, 0.5) is 0 Å². The molecule has 0 bridgehead atoms. The minimum absolute atomic E-state index is 0.0633. The van der Waals surface area contributed by atoms with E-state index in [0.717, 1.165) is 17.6 Å². The molecule has 0 aromatic carbocycles. The fourth-order valence-electron chi connectivity index (χ4n) is 3.09. The average Bonchev–Trinajstić information content (AvgIpc) is 2.66. The lowest BCUT2D eigenvalue weighted by Gasteiger charge is -2.17. The van der Waals surface area contributed by atoms with Gasteiger partial charge in [0.1, 0.15) is 6.10 Å². The molecule has 1 heterocycles. The number of aliphatic hydroxyl groups excluding tert-OH is 2. The quantitative estimate of drug-likeness (QED) is 0.548. The molecule has 5 heteroatoms. The summed E-state index contributed by atoms with van der Waals surface area (Å²) in [5, 5.41) is 19.4. The van der Waals surface area contributed by atoms with Gasteiger partial charge in [0.05, 0.1) is 25.2 Å². The molecular formula is C24H36O5. The van der Waals surface area contributed by atoms with Crippen LogP contribution in [0.15, 0.2) is 59.8 Å². The zero-order chi connectivity index (χ0) is 21.6. The second-order valence-corrected chi connectivity index (χ2v) is 7.57. The number of carbonyl (C=O) groups excluding carboxylic acids is 1. The minimum atomic E-state index is -0.913. The van der Waals surface area contributed by atoms with Crippen LogP contribution in [0.5, 0.6) is 0 Å². The summed E-state index contributed by atoms with van der Waals surface area (Å²) in [6.45, 7) is 5.91. The summed E-state index contributed by atoms with van der Waals surface area (Å²) in [5.41, 5.74) is 1.88. The van der Waals surface area contributed by atoms with E-state index in [1.807, 2.05) is 24.3 Å². The van der Waals surface area contributed by atoms with E-state index in [-0.39, 0.29) is 19.1 Å². The molecule has 1 aliphatic rings. The molecule has 1 rings (SSSR count). The van der Waals surface area contributed by atoms with Crippen molar-refractivity contribution in [3.63, 3.8) is 0 Å². The van der Waals surface area contributed by atoms with E-state index < -0.39 is 18.2 Å². The highest BCUT2D eigenvalue weighted by Gasteiger charge is 2.15. The van der Waals surface area contributed by atoms with E-state index in [0.29, 0.717) is 18.8 Å². The first-order chi connectivity index (χ1) is 13.8. The van der Waals surface area contributed by atoms with Crippen molar-refractivity contribution in [2.75, 3.05) is 13.7 Å². The number of methoxy groups -OCH3 is 1. The number of esters is 1. The van der Waals surface area contributed by atoms with Crippen molar-refractivity contribution < 1.29 is 24.5 Å². The van der Waals surface area contributed by atoms with Gasteiger partial charge in [-0.1, -0.05) is 49.5 Å². The lowest BCUT2D eigenvalue weighted by Crippen LogP contribution is -2.20. The number of carbonyl (C=O) groups is 1. The first-order valence-corrected chi connectivity index (χ1v) is 10.2. The van der Waals surface area contributed by atoms with Gasteiger partial charge in [0, 0.05) is 13.5 Å². The summed E-state index contributed by atoms with van der Waals surface area (Å²) < 4.78 is 11.0. The van der Waals surface area contributed by atoms with Crippen molar-refractivity contribution in [2.24, 2.45) is 5.92 Å². The lowest BCUT2D eigenvalue weighted by atomic mass is 9.99. The Labute approximate surface area is 175 Å². The van der Waals surface area contributed by atoms with E-state index in [4.69, 9.17) is 9.47 Å². The summed E-state index contributed by atoms with van der Waals surface area (Å²) in [6, 6.07) is 0. The molecule has 29 heavy (non-hydrogen) atoms. The Bertz CT molecular complexity index is 642. The third-order valence-electron chi connectivity index (χ3n) is 4.69. The zero-order valence-corrected chi connectivity index (χ0v) is 18.1. The van der Waals surface area contributed by atoms with Gasteiger partial charge in [-0.2, -0.15) is 0 Å². The molecule has 4 atom stereocenters. The topological polar surface area (TPSA) is 76.0 Å². The number of hydrogen-bond acceptors (Lipinski definition) is 5. The van der Waals surface area contributed by atoms with E-state index in [2.05, 4.69) is 26.0 Å². The van der Waals surface area contributed by atoms with Crippen molar-refractivity contribution in [2.45, 2.75) is 64.8 Å². The molecule has 0 aliphatic carbocycles. The molecule has 5 nitrogen and oxygen atoms in total. The SMILES string of the molecule is CO[C@H]1C/C=C/[C@@H](O)CC(=O)O[C@@H](/C=C(/C)CO)C/C=C/C=C/C[C@H](C)/C=C/1C. The molecule has 0 aromatic heterocycles. The van der Waals surface area contributed by atoms with Crippen LogP contribution < -0.4 is 0 Å². The standard InChI is InChI=1S/C24H36O5/c1-18-10-7-5-6-8-12-22(15-19(2)17-25)29-24(27)16-21(26)11-9-13-23(28-4)20(3)14-18/h5-9,11,14-15,18,21-23,25-26H,10,12-13,16-17H2,1-4H3/b7-5+,8-6+,11-9+,19-15-,20-14+/t18-,21+,22+,23-/m0/s1. The summed E-state index contributed by atoms with van der Waals surface area (Å²) in [5.74, 6) is -0.0954. The van der Waals surface area contributed by atoms with E-state index >= 15 is 0 Å². The zero-order valence-electron chi connectivity index (χ0n) is 18.1. The van der Waals surface area contributed by atoms with Crippen LogP contribution in [0.1, 0.15) is 46.5 Å². The van der Waals surface area contributed by atoms with Crippen LogP contribution >= 0.6 is 0 Å². The lowest BCUT2D eigenvalue weighted by molar-refractivity contribution is -0.148. The molecular weight excluding hydrogens is 368 g/mol. The molecule has 0 radical (unpaired) electrons. The number of rotatable bonds is 3. The third kappa shape index (κ3) is 11.0. The monoisotopic (exact) mass is 404 g/mol. The summed E-state index contributed by atoms with van der Waals surface area (Å²) in [4.78, 5) is 12.2. The van der Waals surface area contributed by atoms with E-state index in [1.54, 1.807) is 26.2 Å². The van der Waals surface area contributed by atoms with Crippen molar-refractivity contribution in [1.29, 1.82) is 0 Å². The Morgan fingerprint density at radius 1 is 1.24 bits per heavy atom. The molecule has 0 unspecified atom stereocenters. The molecule has 0 amide bonds. The van der Waals surface area contributed by atoms with Crippen molar-refractivity contribution >= 4 is 5.97 Å². The summed E-state index contributed by atoms with van der Waals surface area (Å²) >= 11 is 0. The van der Waals surface area contributed by atoms with Gasteiger partial charge in [-0.05, 0) is 49.8 Å². The van der Waals surface area contributed by atoms with Crippen molar-refractivity contribution in [1.82, 2.24) is 0 Å². The summed E-state index contributed by atoms with van der Waals surface area (Å²) in [6.07, 6.45) is 15.8. The second kappa shape index (κ2) is 14.1. The minimum Gasteiger partial charge on any atom is -0.458 e. The van der Waals surface area contributed by atoms with Gasteiger partial charge in [0.2, 0.25) is 0 Å². The summed E-state index contributed by atoms with van der Waals surface area (Å²) in [7, 11) is 1.67. The van der Waals surface area contributed by atoms with Crippen molar-refractivity contribution in [3.8, 4) is 0 Å². The molecule has 0 saturated heterocycles. The predicted octanol–water partition coefficient (Wildman–Crippen LogP) is 4.04. The third-order valence-corrected chi connectivity index (χ3v) is 4.69. The Morgan fingerprint density at radius 3 is 2.59 bits per heavy atom. The maximum Gasteiger partial charge on any atom is 0.309 e. The first kappa shape index (κ1) is 25.1. The largest absolute Gasteiger partial charge is 0.458 e. The number of hydrogen-bond donors (Lipinski definition) is 2. The van der Waals surface area contributed by atoms with Gasteiger partial charge in [0.15, 0.2) is 0 Å². The maximum atomic E-state index is 12.2. The van der Waals surface area contributed by atoms with Crippen LogP contribution in [-0.2, 0) is 14.3 Å². The number of ether oxygens (including phenoxy) is 2. The Morgan fingerprint density at radius 2 is 1.93 bits per heavy atom.